The molecule has 1 unspecified atom stereocenters. The van der Waals surface area contributed by atoms with Gasteiger partial charge in [0.25, 0.3) is 5.91 Å². The average Bonchev–Trinajstić information content (AvgIpc) is 2.86. The Labute approximate surface area is 167 Å². The third kappa shape index (κ3) is 4.32. The number of hydrogen-bond acceptors (Lipinski definition) is 4. The third-order valence-electron chi connectivity index (χ3n) is 5.93. The first kappa shape index (κ1) is 20.6. The lowest BCUT2D eigenvalue weighted by Crippen LogP contribution is -2.49. The van der Waals surface area contributed by atoms with Crippen LogP contribution < -0.4 is 10.1 Å². The highest BCUT2D eigenvalue weighted by molar-refractivity contribution is 6.07. The number of nitrogens with zero attached hydrogens (tertiary/aromatic N) is 1. The fraction of sp³-hybridized carbons (Fsp3) is 0.636. The Morgan fingerprint density at radius 2 is 1.82 bits per heavy atom. The minimum atomic E-state index is -0.936. The first-order valence-electron chi connectivity index (χ1n) is 10.2. The molecule has 1 heterocycles. The van der Waals surface area contributed by atoms with E-state index in [1.807, 2.05) is 24.3 Å². The SMILES string of the molecule is CC1CCC2(CC1)NC(=O)N(CC(O)COc1ccc(C(C)(C)C)cc1)C2=O. The Bertz CT molecular complexity index is 715. The van der Waals surface area contributed by atoms with Crippen LogP contribution in [0.1, 0.15) is 58.9 Å². The molecule has 1 aromatic rings. The van der Waals surface area contributed by atoms with Gasteiger partial charge in [0.1, 0.15) is 24.0 Å². The van der Waals surface area contributed by atoms with Crippen molar-refractivity contribution in [2.75, 3.05) is 13.2 Å². The number of ether oxygens (including phenoxy) is 1. The van der Waals surface area contributed by atoms with Crippen LogP contribution >= 0.6 is 0 Å². The Kier molecular flexibility index (Phi) is 5.71. The highest BCUT2D eigenvalue weighted by Crippen LogP contribution is 2.36. The summed E-state index contributed by atoms with van der Waals surface area (Å²) in [6.45, 7) is 8.57. The van der Waals surface area contributed by atoms with Crippen LogP contribution in [0.15, 0.2) is 24.3 Å². The van der Waals surface area contributed by atoms with Crippen LogP contribution in [0.4, 0.5) is 4.79 Å². The maximum Gasteiger partial charge on any atom is 0.325 e. The van der Waals surface area contributed by atoms with E-state index in [0.29, 0.717) is 24.5 Å². The van der Waals surface area contributed by atoms with E-state index in [1.54, 1.807) is 0 Å². The molecule has 2 aliphatic rings. The van der Waals surface area contributed by atoms with E-state index in [-0.39, 0.29) is 24.5 Å². The molecule has 2 fully saturated rings. The molecule has 2 N–H and O–H groups in total. The van der Waals surface area contributed by atoms with Crippen LogP contribution in [0.25, 0.3) is 0 Å². The number of imide groups is 1. The van der Waals surface area contributed by atoms with Crippen molar-refractivity contribution >= 4 is 11.9 Å². The lowest BCUT2D eigenvalue weighted by atomic mass is 9.77. The zero-order chi connectivity index (χ0) is 20.5. The van der Waals surface area contributed by atoms with Crippen molar-refractivity contribution in [2.45, 2.75) is 70.4 Å². The van der Waals surface area contributed by atoms with Gasteiger partial charge in [-0.1, -0.05) is 39.8 Å². The molecule has 1 aliphatic heterocycles. The molecular formula is C22H32N2O4. The van der Waals surface area contributed by atoms with Gasteiger partial charge in [-0.05, 0) is 54.7 Å². The second-order valence-corrected chi connectivity index (χ2v) is 9.35. The summed E-state index contributed by atoms with van der Waals surface area (Å²) in [6.07, 6.45) is 2.26. The zero-order valence-electron chi connectivity index (χ0n) is 17.3. The number of carbonyl (C=O) groups excluding carboxylic acids is 2. The molecule has 1 saturated carbocycles. The van der Waals surface area contributed by atoms with E-state index in [4.69, 9.17) is 4.74 Å². The maximum absolute atomic E-state index is 12.8. The van der Waals surface area contributed by atoms with Gasteiger partial charge in [-0.15, -0.1) is 0 Å². The number of benzene rings is 1. The molecule has 0 bridgehead atoms. The van der Waals surface area contributed by atoms with E-state index < -0.39 is 17.7 Å². The molecule has 6 heteroatoms. The van der Waals surface area contributed by atoms with Gasteiger partial charge in [-0.3, -0.25) is 9.69 Å². The lowest BCUT2D eigenvalue weighted by Gasteiger charge is -2.33. The van der Waals surface area contributed by atoms with Gasteiger partial charge in [-0.2, -0.15) is 0 Å². The van der Waals surface area contributed by atoms with E-state index in [0.717, 1.165) is 17.7 Å². The highest BCUT2D eigenvalue weighted by atomic mass is 16.5. The number of urea groups is 1. The number of amides is 3. The monoisotopic (exact) mass is 388 g/mol. The van der Waals surface area contributed by atoms with E-state index >= 15 is 0 Å². The van der Waals surface area contributed by atoms with E-state index in [9.17, 15) is 14.7 Å². The Morgan fingerprint density at radius 3 is 2.39 bits per heavy atom. The second kappa shape index (κ2) is 7.74. The topological polar surface area (TPSA) is 78.9 Å². The van der Waals surface area contributed by atoms with E-state index in [2.05, 4.69) is 33.0 Å². The quantitative estimate of drug-likeness (QED) is 0.759. The highest BCUT2D eigenvalue weighted by Gasteiger charge is 2.52. The van der Waals surface area contributed by atoms with Crippen molar-refractivity contribution in [3.05, 3.63) is 29.8 Å². The molecule has 1 saturated heterocycles. The molecule has 154 valence electrons. The number of rotatable bonds is 5. The first-order valence-corrected chi connectivity index (χ1v) is 10.2. The predicted molar refractivity (Wildman–Crippen MR) is 107 cm³/mol. The standard InChI is InChI=1S/C22H32N2O4/c1-15-9-11-22(12-10-15)19(26)24(20(27)23-22)13-17(25)14-28-18-7-5-16(6-8-18)21(2,3)4/h5-8,15,17,25H,9-14H2,1-4H3,(H,23,27). The van der Waals surface area contributed by atoms with Crippen LogP contribution in [0.3, 0.4) is 0 Å². The van der Waals surface area contributed by atoms with Crippen molar-refractivity contribution < 1.29 is 19.4 Å². The van der Waals surface area contributed by atoms with Gasteiger partial charge in [-0.25, -0.2) is 4.79 Å². The van der Waals surface area contributed by atoms with Crippen LogP contribution in [-0.4, -0.2) is 46.7 Å². The van der Waals surface area contributed by atoms with Gasteiger partial charge in [0, 0.05) is 0 Å². The number of carbonyl (C=O) groups is 2. The Morgan fingerprint density at radius 1 is 1.21 bits per heavy atom. The first-order chi connectivity index (χ1) is 13.1. The van der Waals surface area contributed by atoms with Gasteiger partial charge in [0.2, 0.25) is 0 Å². The minimum Gasteiger partial charge on any atom is -0.491 e. The van der Waals surface area contributed by atoms with Crippen molar-refractivity contribution in [3.63, 3.8) is 0 Å². The van der Waals surface area contributed by atoms with Gasteiger partial charge >= 0.3 is 6.03 Å². The van der Waals surface area contributed by atoms with Crippen molar-refractivity contribution in [1.82, 2.24) is 10.2 Å². The molecule has 1 aliphatic carbocycles. The predicted octanol–water partition coefficient (Wildman–Crippen LogP) is 3.22. The second-order valence-electron chi connectivity index (χ2n) is 9.35. The van der Waals surface area contributed by atoms with Crippen LogP contribution in [-0.2, 0) is 10.2 Å². The molecule has 0 aromatic heterocycles. The molecular weight excluding hydrogens is 356 g/mol. The zero-order valence-corrected chi connectivity index (χ0v) is 17.3. The Hall–Kier alpha value is -2.08. The fourth-order valence-electron chi connectivity index (χ4n) is 3.94. The lowest BCUT2D eigenvalue weighted by molar-refractivity contribution is -0.133. The summed E-state index contributed by atoms with van der Waals surface area (Å²) >= 11 is 0. The molecule has 3 amide bonds. The molecule has 1 spiro atoms. The van der Waals surface area contributed by atoms with Crippen molar-refractivity contribution in [3.8, 4) is 5.75 Å². The summed E-state index contributed by atoms with van der Waals surface area (Å²) in [5, 5.41) is 13.2. The average molecular weight is 389 g/mol. The van der Waals surface area contributed by atoms with Crippen molar-refractivity contribution in [1.29, 1.82) is 0 Å². The number of hydrogen-bond donors (Lipinski definition) is 2. The molecule has 0 radical (unpaired) electrons. The van der Waals surface area contributed by atoms with Crippen molar-refractivity contribution in [2.24, 2.45) is 5.92 Å². The largest absolute Gasteiger partial charge is 0.491 e. The number of β-amino-alcohol motifs (C(OH)–C–C–N with tert-alkyl or cyclic N) is 1. The fourth-order valence-corrected chi connectivity index (χ4v) is 3.94. The molecule has 6 nitrogen and oxygen atoms in total. The maximum atomic E-state index is 12.8. The summed E-state index contributed by atoms with van der Waals surface area (Å²) in [5.41, 5.74) is 0.494. The smallest absolute Gasteiger partial charge is 0.325 e. The third-order valence-corrected chi connectivity index (χ3v) is 5.93. The summed E-state index contributed by atoms with van der Waals surface area (Å²) < 4.78 is 5.65. The van der Waals surface area contributed by atoms with E-state index in [1.165, 1.54) is 5.56 Å². The Balaban J connectivity index is 1.54. The molecule has 28 heavy (non-hydrogen) atoms. The molecule has 3 rings (SSSR count). The summed E-state index contributed by atoms with van der Waals surface area (Å²) in [6, 6.07) is 7.35. The number of aliphatic hydroxyl groups is 1. The normalized spacial score (nSPS) is 26.5. The minimum absolute atomic E-state index is 0.0238. The summed E-state index contributed by atoms with van der Waals surface area (Å²) in [5.74, 6) is 1.02. The summed E-state index contributed by atoms with van der Waals surface area (Å²) in [4.78, 5) is 26.3. The van der Waals surface area contributed by atoms with Crippen LogP contribution in [0, 0.1) is 5.92 Å². The number of aliphatic hydroxyl groups excluding tert-OH is 1. The van der Waals surface area contributed by atoms with Gasteiger partial charge in [0.05, 0.1) is 6.54 Å². The summed E-state index contributed by atoms with van der Waals surface area (Å²) in [7, 11) is 0. The van der Waals surface area contributed by atoms with Gasteiger partial charge < -0.3 is 15.2 Å². The molecule has 1 aromatic carbocycles. The van der Waals surface area contributed by atoms with Gasteiger partial charge in [0.15, 0.2) is 0 Å². The van der Waals surface area contributed by atoms with Crippen LogP contribution in [0.2, 0.25) is 0 Å². The molecule has 1 atom stereocenters. The van der Waals surface area contributed by atoms with Crippen LogP contribution in [0.5, 0.6) is 5.75 Å². The number of nitrogens with one attached hydrogen (secondary N) is 1.